The topological polar surface area (TPSA) is 72.4 Å². The molecule has 4 rings (SSSR count). The molecule has 6 nitrogen and oxygen atoms in total. The molecule has 1 atom stereocenters. The molecule has 0 spiro atoms. The molecule has 1 aliphatic carbocycles. The summed E-state index contributed by atoms with van der Waals surface area (Å²) in [7, 11) is 0. The van der Waals surface area contributed by atoms with Gasteiger partial charge in [-0.05, 0) is 32.1 Å². The van der Waals surface area contributed by atoms with Crippen molar-refractivity contribution in [2.45, 2.75) is 64.3 Å². The van der Waals surface area contributed by atoms with Crippen LogP contribution in [0.25, 0.3) is 0 Å². The van der Waals surface area contributed by atoms with Gasteiger partial charge in [0.1, 0.15) is 17.2 Å². The number of carbonyl (C=O) groups is 1. The SMILES string of the molecule is CC(C)c1cc([C@@H]2CCCN2C(=O)c2noc3c2CCCC3)no1. The smallest absolute Gasteiger partial charge is 0.276 e. The minimum Gasteiger partial charge on any atom is -0.361 e. The van der Waals surface area contributed by atoms with Crippen molar-refractivity contribution in [3.05, 3.63) is 34.5 Å². The fourth-order valence-electron chi connectivity index (χ4n) is 3.74. The van der Waals surface area contributed by atoms with Gasteiger partial charge in [-0.1, -0.05) is 24.2 Å². The molecule has 2 aromatic rings. The van der Waals surface area contributed by atoms with Gasteiger partial charge in [-0.25, -0.2) is 0 Å². The molecular formula is C18H23N3O3. The van der Waals surface area contributed by atoms with Crippen LogP contribution in [0.4, 0.5) is 0 Å². The lowest BCUT2D eigenvalue weighted by Crippen LogP contribution is -2.31. The van der Waals surface area contributed by atoms with Gasteiger partial charge in [0.05, 0.1) is 6.04 Å². The predicted octanol–water partition coefficient (Wildman–Crippen LogP) is 3.64. The van der Waals surface area contributed by atoms with Crippen LogP contribution in [-0.2, 0) is 12.8 Å². The average Bonchev–Trinajstić information content (AvgIpc) is 3.31. The van der Waals surface area contributed by atoms with Crippen LogP contribution >= 0.6 is 0 Å². The van der Waals surface area contributed by atoms with Crippen molar-refractivity contribution in [2.24, 2.45) is 0 Å². The zero-order chi connectivity index (χ0) is 16.7. The van der Waals surface area contributed by atoms with E-state index >= 15 is 0 Å². The Hall–Kier alpha value is -2.11. The third-order valence-electron chi connectivity index (χ3n) is 5.12. The predicted molar refractivity (Wildman–Crippen MR) is 86.7 cm³/mol. The second-order valence-corrected chi connectivity index (χ2v) is 7.11. The maximum absolute atomic E-state index is 13.0. The molecule has 0 aromatic carbocycles. The summed E-state index contributed by atoms with van der Waals surface area (Å²) in [5, 5.41) is 8.30. The van der Waals surface area contributed by atoms with E-state index in [2.05, 4.69) is 24.2 Å². The molecule has 0 unspecified atom stereocenters. The number of carbonyl (C=O) groups excluding carboxylic acids is 1. The van der Waals surface area contributed by atoms with Gasteiger partial charge in [0.2, 0.25) is 0 Å². The number of aromatic nitrogens is 2. The lowest BCUT2D eigenvalue weighted by Gasteiger charge is -2.22. The Morgan fingerprint density at radius 1 is 1.21 bits per heavy atom. The molecular weight excluding hydrogens is 306 g/mol. The van der Waals surface area contributed by atoms with Gasteiger partial charge in [0.25, 0.3) is 5.91 Å². The Bertz CT molecular complexity index is 747. The van der Waals surface area contributed by atoms with Crippen LogP contribution in [0.2, 0.25) is 0 Å². The van der Waals surface area contributed by atoms with Crippen molar-refractivity contribution < 1.29 is 13.8 Å². The van der Waals surface area contributed by atoms with Crippen molar-refractivity contribution in [1.29, 1.82) is 0 Å². The van der Waals surface area contributed by atoms with Crippen LogP contribution in [0.1, 0.15) is 84.8 Å². The summed E-state index contributed by atoms with van der Waals surface area (Å²) in [4.78, 5) is 14.9. The van der Waals surface area contributed by atoms with Crippen molar-refractivity contribution in [3.8, 4) is 0 Å². The second kappa shape index (κ2) is 6.07. The highest BCUT2D eigenvalue weighted by Gasteiger charge is 2.36. The molecule has 0 N–H and O–H groups in total. The summed E-state index contributed by atoms with van der Waals surface area (Å²) in [6.45, 7) is 4.88. The van der Waals surface area contributed by atoms with E-state index in [-0.39, 0.29) is 11.9 Å². The largest absolute Gasteiger partial charge is 0.361 e. The fraction of sp³-hybridized carbons (Fsp3) is 0.611. The van der Waals surface area contributed by atoms with Crippen LogP contribution in [-0.4, -0.2) is 27.7 Å². The molecule has 2 aromatic heterocycles. The first-order valence-corrected chi connectivity index (χ1v) is 8.90. The number of aryl methyl sites for hydroxylation is 1. The summed E-state index contributed by atoms with van der Waals surface area (Å²) in [5.41, 5.74) is 2.37. The van der Waals surface area contributed by atoms with Gasteiger partial charge >= 0.3 is 0 Å². The zero-order valence-electron chi connectivity index (χ0n) is 14.2. The molecule has 1 aliphatic heterocycles. The Labute approximate surface area is 141 Å². The van der Waals surface area contributed by atoms with Crippen molar-refractivity contribution >= 4 is 5.91 Å². The van der Waals surface area contributed by atoms with Crippen LogP contribution in [0.5, 0.6) is 0 Å². The highest BCUT2D eigenvalue weighted by molar-refractivity contribution is 5.94. The van der Waals surface area contributed by atoms with E-state index < -0.39 is 0 Å². The summed E-state index contributed by atoms with van der Waals surface area (Å²) < 4.78 is 10.8. The molecule has 128 valence electrons. The number of fused-ring (bicyclic) bond motifs is 1. The van der Waals surface area contributed by atoms with Gasteiger partial charge in [0, 0.05) is 30.5 Å². The van der Waals surface area contributed by atoms with E-state index in [4.69, 9.17) is 9.05 Å². The Balaban J connectivity index is 1.60. The van der Waals surface area contributed by atoms with Crippen LogP contribution < -0.4 is 0 Å². The fourth-order valence-corrected chi connectivity index (χ4v) is 3.74. The highest BCUT2D eigenvalue weighted by Crippen LogP contribution is 2.35. The normalized spacial score (nSPS) is 20.6. The van der Waals surface area contributed by atoms with Gasteiger partial charge in [-0.15, -0.1) is 0 Å². The van der Waals surface area contributed by atoms with E-state index in [0.29, 0.717) is 11.6 Å². The molecule has 1 amide bonds. The third-order valence-corrected chi connectivity index (χ3v) is 5.12. The number of nitrogens with zero attached hydrogens (tertiary/aromatic N) is 3. The number of amides is 1. The highest BCUT2D eigenvalue weighted by atomic mass is 16.5. The first-order valence-electron chi connectivity index (χ1n) is 8.90. The van der Waals surface area contributed by atoms with Crippen LogP contribution in [0.3, 0.4) is 0 Å². The first kappa shape index (κ1) is 15.4. The van der Waals surface area contributed by atoms with E-state index in [1.807, 2.05) is 11.0 Å². The number of hydrogen-bond acceptors (Lipinski definition) is 5. The summed E-state index contributed by atoms with van der Waals surface area (Å²) in [6.07, 6.45) is 5.87. The second-order valence-electron chi connectivity index (χ2n) is 7.11. The molecule has 2 aliphatic rings. The van der Waals surface area contributed by atoms with Crippen LogP contribution in [0.15, 0.2) is 15.1 Å². The monoisotopic (exact) mass is 329 g/mol. The zero-order valence-corrected chi connectivity index (χ0v) is 14.2. The van der Waals surface area contributed by atoms with Gasteiger partial charge in [-0.3, -0.25) is 4.79 Å². The maximum Gasteiger partial charge on any atom is 0.276 e. The van der Waals surface area contributed by atoms with Crippen molar-refractivity contribution in [2.75, 3.05) is 6.54 Å². The van der Waals surface area contributed by atoms with E-state index in [1.165, 1.54) is 0 Å². The molecule has 0 bridgehead atoms. The molecule has 1 saturated heterocycles. The van der Waals surface area contributed by atoms with Crippen LogP contribution in [0, 0.1) is 0 Å². The quantitative estimate of drug-likeness (QED) is 0.859. The van der Waals surface area contributed by atoms with E-state index in [9.17, 15) is 4.79 Å². The summed E-state index contributed by atoms with van der Waals surface area (Å²) in [6, 6.07) is 1.96. The van der Waals surface area contributed by atoms with Crippen molar-refractivity contribution in [3.63, 3.8) is 0 Å². The Morgan fingerprint density at radius 3 is 2.83 bits per heavy atom. The molecule has 24 heavy (non-hydrogen) atoms. The van der Waals surface area contributed by atoms with E-state index in [0.717, 1.165) is 67.8 Å². The number of likely N-dealkylation sites (tertiary alicyclic amines) is 1. The molecule has 6 heteroatoms. The third kappa shape index (κ3) is 2.54. The molecule has 3 heterocycles. The minimum absolute atomic E-state index is 0.0234. The Kier molecular flexibility index (Phi) is 3.90. The van der Waals surface area contributed by atoms with Crippen molar-refractivity contribution in [1.82, 2.24) is 15.2 Å². The first-order chi connectivity index (χ1) is 11.6. The Morgan fingerprint density at radius 2 is 2.04 bits per heavy atom. The standard InChI is InChI=1S/C18H23N3O3/c1-11(2)16-10-13(19-24-16)14-7-5-9-21(14)18(22)17-12-6-3-4-8-15(12)23-20-17/h10-11,14H,3-9H2,1-2H3/t14-/m0/s1. The molecule has 1 fully saturated rings. The lowest BCUT2D eigenvalue weighted by atomic mass is 9.96. The lowest BCUT2D eigenvalue weighted by molar-refractivity contribution is 0.0719. The van der Waals surface area contributed by atoms with Gasteiger partial charge in [-0.2, -0.15) is 0 Å². The van der Waals surface area contributed by atoms with E-state index in [1.54, 1.807) is 0 Å². The maximum atomic E-state index is 13.0. The number of rotatable bonds is 3. The van der Waals surface area contributed by atoms with Gasteiger partial charge in [0.15, 0.2) is 5.69 Å². The summed E-state index contributed by atoms with van der Waals surface area (Å²) >= 11 is 0. The van der Waals surface area contributed by atoms with Gasteiger partial charge < -0.3 is 13.9 Å². The summed E-state index contributed by atoms with van der Waals surface area (Å²) in [5.74, 6) is 2.02. The molecule has 0 saturated carbocycles. The molecule has 0 radical (unpaired) electrons. The minimum atomic E-state index is -0.0292. The number of hydrogen-bond donors (Lipinski definition) is 0. The average molecular weight is 329 g/mol.